The van der Waals surface area contributed by atoms with Gasteiger partial charge in [0.15, 0.2) is 6.61 Å². The summed E-state index contributed by atoms with van der Waals surface area (Å²) < 4.78 is 5.80. The van der Waals surface area contributed by atoms with Gasteiger partial charge in [-0.1, -0.05) is 50.6 Å². The lowest BCUT2D eigenvalue weighted by molar-refractivity contribution is -0.143. The maximum Gasteiger partial charge on any atom is 0.261 e. The van der Waals surface area contributed by atoms with E-state index in [1.54, 1.807) is 4.90 Å². The van der Waals surface area contributed by atoms with Crippen molar-refractivity contribution >= 4 is 11.8 Å². The largest absolute Gasteiger partial charge is 0.484 e. The van der Waals surface area contributed by atoms with Crippen molar-refractivity contribution in [1.29, 1.82) is 0 Å². The summed E-state index contributed by atoms with van der Waals surface area (Å²) in [4.78, 5) is 27.8. The molecule has 0 fully saturated rings. The molecule has 0 aromatic heterocycles. The van der Waals surface area contributed by atoms with Crippen LogP contribution in [0.3, 0.4) is 0 Å². The minimum Gasteiger partial charge on any atom is -0.484 e. The van der Waals surface area contributed by atoms with Gasteiger partial charge in [0.1, 0.15) is 11.8 Å². The van der Waals surface area contributed by atoms with Gasteiger partial charge in [0, 0.05) is 13.1 Å². The van der Waals surface area contributed by atoms with Crippen molar-refractivity contribution in [3.8, 4) is 5.75 Å². The lowest BCUT2D eigenvalue weighted by Crippen LogP contribution is -2.50. The van der Waals surface area contributed by atoms with E-state index in [1.807, 2.05) is 70.2 Å². The summed E-state index contributed by atoms with van der Waals surface area (Å²) in [6.07, 6.45) is 2.47. The molecular weight excluding hydrogens is 388 g/mol. The minimum absolute atomic E-state index is 0.104. The Balaban J connectivity index is 2.20. The van der Waals surface area contributed by atoms with Crippen LogP contribution in [0, 0.1) is 20.8 Å². The number of hydrogen-bond donors (Lipinski definition) is 1. The Morgan fingerprint density at radius 1 is 1.00 bits per heavy atom. The zero-order chi connectivity index (χ0) is 22.8. The molecular formula is C26H36N2O3. The van der Waals surface area contributed by atoms with Gasteiger partial charge in [-0.05, 0) is 68.0 Å². The molecule has 1 atom stereocenters. The van der Waals surface area contributed by atoms with Crippen molar-refractivity contribution in [3.63, 3.8) is 0 Å². The summed E-state index contributed by atoms with van der Waals surface area (Å²) in [5, 5.41) is 2.98. The van der Waals surface area contributed by atoms with Crippen molar-refractivity contribution in [3.05, 3.63) is 64.7 Å². The first-order chi connectivity index (χ1) is 14.9. The summed E-state index contributed by atoms with van der Waals surface area (Å²) in [6, 6.07) is 13.2. The average molecular weight is 425 g/mol. The third-order valence-electron chi connectivity index (χ3n) is 5.66. The number of benzene rings is 2. The maximum atomic E-state index is 13.2. The highest BCUT2D eigenvalue weighted by Gasteiger charge is 2.29. The molecule has 5 nitrogen and oxygen atoms in total. The number of ether oxygens (including phenoxy) is 1. The molecule has 1 N–H and O–H groups in total. The third kappa shape index (κ3) is 7.12. The Bertz CT molecular complexity index is 879. The Morgan fingerprint density at radius 3 is 2.39 bits per heavy atom. The number of aryl methyl sites for hydroxylation is 3. The van der Waals surface area contributed by atoms with E-state index < -0.39 is 6.04 Å². The molecule has 0 aliphatic carbocycles. The SMILES string of the molecule is CCCCNC(=O)[C@H](CC)N(Cc1ccccc1C)C(=O)COc1ccc(C)c(C)c1. The molecule has 2 aromatic carbocycles. The van der Waals surface area contributed by atoms with Crippen LogP contribution < -0.4 is 10.1 Å². The average Bonchev–Trinajstić information content (AvgIpc) is 2.75. The number of rotatable bonds is 11. The van der Waals surface area contributed by atoms with Gasteiger partial charge in [-0.25, -0.2) is 0 Å². The van der Waals surface area contributed by atoms with Crippen LogP contribution in [-0.2, 0) is 16.1 Å². The predicted molar refractivity (Wildman–Crippen MR) is 125 cm³/mol. The fourth-order valence-corrected chi connectivity index (χ4v) is 3.43. The Morgan fingerprint density at radius 2 is 1.74 bits per heavy atom. The molecule has 0 spiro atoms. The van der Waals surface area contributed by atoms with Crippen LogP contribution in [0.4, 0.5) is 0 Å². The van der Waals surface area contributed by atoms with Crippen LogP contribution in [0.25, 0.3) is 0 Å². The number of carbonyl (C=O) groups excluding carboxylic acids is 2. The Labute approximate surface area is 186 Å². The van der Waals surface area contributed by atoms with Crippen LogP contribution in [-0.4, -0.2) is 35.9 Å². The van der Waals surface area contributed by atoms with E-state index in [2.05, 4.69) is 12.2 Å². The van der Waals surface area contributed by atoms with Crippen molar-refractivity contribution < 1.29 is 14.3 Å². The van der Waals surface area contributed by atoms with Crippen LogP contribution in [0.2, 0.25) is 0 Å². The Kier molecular flexibility index (Phi) is 9.57. The van der Waals surface area contributed by atoms with Crippen LogP contribution >= 0.6 is 0 Å². The zero-order valence-electron chi connectivity index (χ0n) is 19.5. The quantitative estimate of drug-likeness (QED) is 0.531. The summed E-state index contributed by atoms with van der Waals surface area (Å²) >= 11 is 0. The van der Waals surface area contributed by atoms with Crippen molar-refractivity contribution in [2.24, 2.45) is 0 Å². The van der Waals surface area contributed by atoms with Crippen LogP contribution in [0.5, 0.6) is 5.75 Å². The molecule has 2 amide bonds. The molecule has 0 saturated carbocycles. The number of hydrogen-bond acceptors (Lipinski definition) is 3. The van der Waals surface area contributed by atoms with E-state index in [-0.39, 0.29) is 18.4 Å². The number of nitrogens with one attached hydrogen (secondary N) is 1. The highest BCUT2D eigenvalue weighted by Crippen LogP contribution is 2.18. The molecule has 0 radical (unpaired) electrons. The first-order valence-electron chi connectivity index (χ1n) is 11.2. The smallest absolute Gasteiger partial charge is 0.261 e. The fraction of sp³-hybridized carbons (Fsp3) is 0.462. The molecule has 168 valence electrons. The van der Waals surface area contributed by atoms with Gasteiger partial charge in [-0.2, -0.15) is 0 Å². The fourth-order valence-electron chi connectivity index (χ4n) is 3.43. The van der Waals surface area contributed by atoms with Crippen molar-refractivity contribution in [2.45, 2.75) is 66.5 Å². The minimum atomic E-state index is -0.535. The summed E-state index contributed by atoms with van der Waals surface area (Å²) in [5.74, 6) is 0.357. The van der Waals surface area contributed by atoms with E-state index in [9.17, 15) is 9.59 Å². The van der Waals surface area contributed by atoms with E-state index in [1.165, 1.54) is 5.56 Å². The monoisotopic (exact) mass is 424 g/mol. The second-order valence-corrected chi connectivity index (χ2v) is 8.05. The van der Waals surface area contributed by atoms with E-state index >= 15 is 0 Å². The molecule has 31 heavy (non-hydrogen) atoms. The van der Waals surface area contributed by atoms with Gasteiger partial charge < -0.3 is 15.0 Å². The van der Waals surface area contributed by atoms with Gasteiger partial charge in [0.05, 0.1) is 0 Å². The molecule has 2 aromatic rings. The molecule has 0 saturated heterocycles. The number of nitrogens with zero attached hydrogens (tertiary/aromatic N) is 1. The van der Waals surface area contributed by atoms with Gasteiger partial charge in [0.25, 0.3) is 5.91 Å². The maximum absolute atomic E-state index is 13.2. The molecule has 0 unspecified atom stereocenters. The number of unbranched alkanes of at least 4 members (excludes halogenated alkanes) is 1. The van der Waals surface area contributed by atoms with Gasteiger partial charge in [0.2, 0.25) is 5.91 Å². The third-order valence-corrected chi connectivity index (χ3v) is 5.66. The summed E-state index contributed by atoms with van der Waals surface area (Å²) in [7, 11) is 0. The standard InChI is InChI=1S/C26H36N2O3/c1-6-8-15-27-26(30)24(7-2)28(17-22-12-10-9-11-20(22)4)25(29)18-31-23-14-13-19(3)21(5)16-23/h9-14,16,24H,6-8,15,17-18H2,1-5H3,(H,27,30)/t24-/m0/s1. The van der Waals surface area contributed by atoms with Crippen molar-refractivity contribution in [2.75, 3.05) is 13.2 Å². The van der Waals surface area contributed by atoms with E-state index in [4.69, 9.17) is 4.74 Å². The lowest BCUT2D eigenvalue weighted by Gasteiger charge is -2.31. The zero-order valence-corrected chi connectivity index (χ0v) is 19.5. The second kappa shape index (κ2) is 12.1. The molecule has 0 heterocycles. The normalized spacial score (nSPS) is 11.6. The first kappa shape index (κ1) is 24.4. The highest BCUT2D eigenvalue weighted by atomic mass is 16.5. The van der Waals surface area contributed by atoms with E-state index in [0.717, 1.165) is 29.5 Å². The van der Waals surface area contributed by atoms with E-state index in [0.29, 0.717) is 25.3 Å². The van der Waals surface area contributed by atoms with Gasteiger partial charge >= 0.3 is 0 Å². The Hall–Kier alpha value is -2.82. The topological polar surface area (TPSA) is 58.6 Å². The van der Waals surface area contributed by atoms with Crippen molar-refractivity contribution in [1.82, 2.24) is 10.2 Å². The van der Waals surface area contributed by atoms with Crippen LogP contribution in [0.1, 0.15) is 55.4 Å². The highest BCUT2D eigenvalue weighted by molar-refractivity contribution is 5.88. The predicted octanol–water partition coefficient (Wildman–Crippen LogP) is 4.71. The molecule has 0 aliphatic rings. The van der Waals surface area contributed by atoms with Gasteiger partial charge in [-0.15, -0.1) is 0 Å². The number of carbonyl (C=O) groups is 2. The lowest BCUT2D eigenvalue weighted by atomic mass is 10.1. The molecule has 0 bridgehead atoms. The van der Waals surface area contributed by atoms with Crippen LogP contribution in [0.15, 0.2) is 42.5 Å². The summed E-state index contributed by atoms with van der Waals surface area (Å²) in [5.41, 5.74) is 4.41. The molecule has 5 heteroatoms. The molecule has 2 rings (SSSR count). The van der Waals surface area contributed by atoms with Gasteiger partial charge in [-0.3, -0.25) is 9.59 Å². The summed E-state index contributed by atoms with van der Waals surface area (Å²) in [6.45, 7) is 11.0. The second-order valence-electron chi connectivity index (χ2n) is 8.05. The first-order valence-corrected chi connectivity index (χ1v) is 11.2. The number of amides is 2. The molecule has 0 aliphatic heterocycles.